The first-order valence-electron chi connectivity index (χ1n) is 10.3. The van der Waals surface area contributed by atoms with Crippen molar-refractivity contribution >= 4 is 28.3 Å². The van der Waals surface area contributed by atoms with E-state index in [4.69, 9.17) is 9.84 Å². The highest BCUT2D eigenvalue weighted by atomic mass is 19.3. The molecule has 0 saturated heterocycles. The van der Waals surface area contributed by atoms with Gasteiger partial charge in [-0.15, -0.1) is 0 Å². The summed E-state index contributed by atoms with van der Waals surface area (Å²) in [6.45, 7) is 3.47. The molecule has 2 N–H and O–H groups in total. The molecule has 1 aliphatic rings. The van der Waals surface area contributed by atoms with E-state index in [0.29, 0.717) is 34.0 Å². The van der Waals surface area contributed by atoms with Gasteiger partial charge in [-0.3, -0.25) is 4.79 Å². The number of aliphatic hydroxyl groups is 1. The number of benzene rings is 2. The summed E-state index contributed by atoms with van der Waals surface area (Å²) in [5.74, 6) is -3.72. The summed E-state index contributed by atoms with van der Waals surface area (Å²) in [5.41, 5.74) is 0.198. The van der Waals surface area contributed by atoms with Crippen molar-refractivity contribution in [3.63, 3.8) is 0 Å². The highest BCUT2D eigenvalue weighted by molar-refractivity contribution is 6.03. The van der Waals surface area contributed by atoms with Crippen molar-refractivity contribution in [3.8, 4) is 5.75 Å². The smallest absolute Gasteiger partial charge is 0.298 e. The van der Waals surface area contributed by atoms with Crippen LogP contribution in [-0.4, -0.2) is 40.7 Å². The van der Waals surface area contributed by atoms with Crippen LogP contribution in [0.3, 0.4) is 0 Å². The van der Waals surface area contributed by atoms with Crippen molar-refractivity contribution < 1.29 is 27.8 Å². The maximum absolute atomic E-state index is 14.9. The van der Waals surface area contributed by atoms with Crippen LogP contribution < -0.4 is 15.0 Å². The standard InChI is InChI=1S/C23H23F3N4O3/c1-11(14-6-5-7-16(20(14)24)23(25,26)10-31)27-21-15-8-18-19(9-17(15)28-13(3)29-21)33-12(2)22(32)30(18)4/h5-9,11-12,31H,10H2,1-4H3,(H,27,28,29)/t11-,12-/m1/s1. The van der Waals surface area contributed by atoms with E-state index in [0.717, 1.165) is 6.07 Å². The molecule has 2 aromatic carbocycles. The fourth-order valence-corrected chi connectivity index (χ4v) is 3.89. The van der Waals surface area contributed by atoms with E-state index in [1.165, 1.54) is 17.0 Å². The molecule has 0 unspecified atom stereocenters. The number of alkyl halides is 2. The number of aliphatic hydroxyl groups excluding tert-OH is 1. The zero-order valence-electron chi connectivity index (χ0n) is 18.5. The van der Waals surface area contributed by atoms with Crippen molar-refractivity contribution in [2.75, 3.05) is 23.9 Å². The van der Waals surface area contributed by atoms with Gasteiger partial charge in [0.25, 0.3) is 11.8 Å². The molecule has 174 valence electrons. The molecule has 10 heteroatoms. The van der Waals surface area contributed by atoms with Crippen LogP contribution >= 0.6 is 0 Å². The Morgan fingerprint density at radius 3 is 2.73 bits per heavy atom. The number of fused-ring (bicyclic) bond motifs is 2. The SMILES string of the molecule is Cc1nc(N[C@H](C)c2cccc(C(F)(F)CO)c2F)c2cc3c(cc2n1)O[C@H](C)C(=O)N3C. The Morgan fingerprint density at radius 2 is 2.03 bits per heavy atom. The van der Waals surface area contributed by atoms with Gasteiger partial charge in [0, 0.05) is 24.1 Å². The lowest BCUT2D eigenvalue weighted by Crippen LogP contribution is -2.41. The third-order valence-electron chi connectivity index (χ3n) is 5.67. The molecule has 1 aliphatic heterocycles. The summed E-state index contributed by atoms with van der Waals surface area (Å²) in [5, 5.41) is 12.6. The van der Waals surface area contributed by atoms with E-state index in [9.17, 15) is 18.0 Å². The van der Waals surface area contributed by atoms with Gasteiger partial charge in [0.05, 0.1) is 22.8 Å². The Balaban J connectivity index is 1.77. The summed E-state index contributed by atoms with van der Waals surface area (Å²) >= 11 is 0. The predicted molar refractivity (Wildman–Crippen MR) is 117 cm³/mol. The largest absolute Gasteiger partial charge is 0.479 e. The molecule has 0 aliphatic carbocycles. The number of ether oxygens (including phenoxy) is 1. The molecule has 4 rings (SSSR count). The van der Waals surface area contributed by atoms with Crippen LogP contribution in [0, 0.1) is 12.7 Å². The van der Waals surface area contributed by atoms with E-state index >= 15 is 0 Å². The maximum atomic E-state index is 14.9. The summed E-state index contributed by atoms with van der Waals surface area (Å²) in [6.07, 6.45) is -0.632. The first-order valence-corrected chi connectivity index (χ1v) is 10.3. The van der Waals surface area contributed by atoms with Gasteiger partial charge < -0.3 is 20.1 Å². The van der Waals surface area contributed by atoms with E-state index in [2.05, 4.69) is 15.3 Å². The van der Waals surface area contributed by atoms with Crippen molar-refractivity contribution in [1.82, 2.24) is 9.97 Å². The molecule has 1 aromatic heterocycles. The Hall–Kier alpha value is -3.40. The number of halogens is 3. The van der Waals surface area contributed by atoms with Gasteiger partial charge in [-0.2, -0.15) is 8.78 Å². The zero-order valence-corrected chi connectivity index (χ0v) is 18.5. The van der Waals surface area contributed by atoms with E-state index in [-0.39, 0.29) is 11.5 Å². The molecule has 0 bridgehead atoms. The van der Waals surface area contributed by atoms with E-state index < -0.39 is 36.1 Å². The molecule has 0 spiro atoms. The third-order valence-corrected chi connectivity index (χ3v) is 5.67. The van der Waals surface area contributed by atoms with Crippen LogP contribution in [-0.2, 0) is 10.7 Å². The highest BCUT2D eigenvalue weighted by Gasteiger charge is 2.35. The highest BCUT2D eigenvalue weighted by Crippen LogP contribution is 2.39. The molecule has 7 nitrogen and oxygen atoms in total. The number of aryl methyl sites for hydroxylation is 1. The minimum absolute atomic E-state index is 0.00699. The van der Waals surface area contributed by atoms with E-state index in [1.54, 1.807) is 40.0 Å². The van der Waals surface area contributed by atoms with Gasteiger partial charge in [0.1, 0.15) is 29.8 Å². The molecule has 2 atom stereocenters. The number of carbonyl (C=O) groups excluding carboxylic acids is 1. The second-order valence-corrected chi connectivity index (χ2v) is 8.05. The fraction of sp³-hybridized carbons (Fsp3) is 0.348. The maximum Gasteiger partial charge on any atom is 0.298 e. The Kier molecular flexibility index (Phi) is 5.65. The normalized spacial score (nSPS) is 17.0. The number of carbonyl (C=O) groups is 1. The topological polar surface area (TPSA) is 87.6 Å². The number of amides is 1. The van der Waals surface area contributed by atoms with E-state index in [1.807, 2.05) is 0 Å². The van der Waals surface area contributed by atoms with Crippen LogP contribution in [0.15, 0.2) is 30.3 Å². The Morgan fingerprint density at radius 1 is 1.30 bits per heavy atom. The predicted octanol–water partition coefficient (Wildman–Crippen LogP) is 4.08. The zero-order chi connectivity index (χ0) is 24.1. The molecule has 0 saturated carbocycles. The summed E-state index contributed by atoms with van der Waals surface area (Å²) in [6, 6.07) is 6.32. The van der Waals surface area contributed by atoms with Gasteiger partial charge in [-0.1, -0.05) is 12.1 Å². The number of anilines is 2. The number of rotatable bonds is 5. The number of aromatic nitrogens is 2. The summed E-state index contributed by atoms with van der Waals surface area (Å²) < 4.78 is 48.6. The number of hydrogen-bond donors (Lipinski definition) is 2. The van der Waals surface area contributed by atoms with Crippen LogP contribution in [0.4, 0.5) is 24.7 Å². The molecular formula is C23H23F3N4O3. The fourth-order valence-electron chi connectivity index (χ4n) is 3.89. The van der Waals surface area contributed by atoms with Crippen LogP contribution in [0.2, 0.25) is 0 Å². The van der Waals surface area contributed by atoms with Crippen LogP contribution in [0.25, 0.3) is 10.9 Å². The molecular weight excluding hydrogens is 437 g/mol. The van der Waals surface area contributed by atoms with Gasteiger partial charge in [0.15, 0.2) is 6.10 Å². The minimum Gasteiger partial charge on any atom is -0.479 e. The second-order valence-electron chi connectivity index (χ2n) is 8.05. The first-order chi connectivity index (χ1) is 15.5. The van der Waals surface area contributed by atoms with Gasteiger partial charge >= 0.3 is 0 Å². The first kappa shape index (κ1) is 22.8. The monoisotopic (exact) mass is 460 g/mol. The quantitative estimate of drug-likeness (QED) is 0.597. The van der Waals surface area contributed by atoms with Crippen molar-refractivity contribution in [2.24, 2.45) is 0 Å². The Labute approximate surface area is 188 Å². The Bertz CT molecular complexity index is 1250. The molecule has 0 fully saturated rings. The van der Waals surface area contributed by atoms with Crippen molar-refractivity contribution in [2.45, 2.75) is 38.8 Å². The lowest BCUT2D eigenvalue weighted by molar-refractivity contribution is -0.125. The number of likely N-dealkylation sites (N-methyl/N-ethyl adjacent to an activating group) is 1. The van der Waals surface area contributed by atoms with Crippen molar-refractivity contribution in [3.05, 3.63) is 53.1 Å². The number of hydrogen-bond acceptors (Lipinski definition) is 6. The lowest BCUT2D eigenvalue weighted by atomic mass is 10.00. The average molecular weight is 460 g/mol. The molecule has 0 radical (unpaired) electrons. The molecule has 33 heavy (non-hydrogen) atoms. The lowest BCUT2D eigenvalue weighted by Gasteiger charge is -2.30. The molecule has 2 heterocycles. The second kappa shape index (κ2) is 8.18. The number of nitrogens with one attached hydrogen (secondary N) is 1. The summed E-state index contributed by atoms with van der Waals surface area (Å²) in [4.78, 5) is 22.7. The molecule has 1 amide bonds. The molecule has 3 aromatic rings. The van der Waals surface area contributed by atoms with Gasteiger partial charge in [0.2, 0.25) is 0 Å². The van der Waals surface area contributed by atoms with Crippen LogP contribution in [0.5, 0.6) is 5.75 Å². The minimum atomic E-state index is -3.70. The third kappa shape index (κ3) is 3.95. The van der Waals surface area contributed by atoms with Crippen molar-refractivity contribution in [1.29, 1.82) is 0 Å². The number of nitrogens with zero attached hydrogens (tertiary/aromatic N) is 3. The summed E-state index contributed by atoms with van der Waals surface area (Å²) in [7, 11) is 1.64. The van der Waals surface area contributed by atoms with Gasteiger partial charge in [-0.05, 0) is 32.9 Å². The van der Waals surface area contributed by atoms with Crippen LogP contribution in [0.1, 0.15) is 36.8 Å². The van der Waals surface area contributed by atoms with Gasteiger partial charge in [-0.25, -0.2) is 14.4 Å². The average Bonchev–Trinajstić information content (AvgIpc) is 2.76.